The minimum atomic E-state index is -0.644. The first kappa shape index (κ1) is 9.70. The van der Waals surface area contributed by atoms with Crippen LogP contribution in [0.1, 0.15) is 34.1 Å². The van der Waals surface area contributed by atoms with Gasteiger partial charge in [-0.25, -0.2) is 0 Å². The van der Waals surface area contributed by atoms with Crippen LogP contribution in [0.25, 0.3) is 0 Å². The lowest BCUT2D eigenvalue weighted by Crippen LogP contribution is -2.13. The van der Waals surface area contributed by atoms with Crippen LogP contribution in [0.3, 0.4) is 0 Å². The van der Waals surface area contributed by atoms with E-state index in [0.29, 0.717) is 5.92 Å². The molecular weight excluding hydrogens is 124 g/mol. The zero-order chi connectivity index (χ0) is 8.20. The van der Waals surface area contributed by atoms with Gasteiger partial charge in [0.05, 0.1) is 5.60 Å². The van der Waals surface area contributed by atoms with Gasteiger partial charge >= 0.3 is 0 Å². The highest BCUT2D eigenvalue weighted by atomic mass is 16.3. The van der Waals surface area contributed by atoms with Crippen molar-refractivity contribution < 1.29 is 5.11 Å². The molecule has 0 aliphatic carbocycles. The van der Waals surface area contributed by atoms with Crippen LogP contribution < -0.4 is 0 Å². The zero-order valence-corrected chi connectivity index (χ0v) is 7.39. The maximum Gasteiger partial charge on any atom is 0.0771 e. The maximum atomic E-state index is 9.24. The van der Waals surface area contributed by atoms with Gasteiger partial charge in [-0.1, -0.05) is 26.0 Å². The fourth-order valence-corrected chi connectivity index (χ4v) is 0.629. The molecule has 1 heteroatoms. The second kappa shape index (κ2) is 3.77. The Bertz CT molecular complexity index is 106. The van der Waals surface area contributed by atoms with E-state index < -0.39 is 5.60 Å². The second-order valence-corrected chi connectivity index (χ2v) is 3.69. The van der Waals surface area contributed by atoms with E-state index in [4.69, 9.17) is 0 Å². The van der Waals surface area contributed by atoms with E-state index in [2.05, 4.69) is 13.8 Å². The fraction of sp³-hybridized carbons (Fsp3) is 0.778. The van der Waals surface area contributed by atoms with Gasteiger partial charge in [0, 0.05) is 0 Å². The summed E-state index contributed by atoms with van der Waals surface area (Å²) in [6, 6.07) is 0. The molecule has 0 aromatic heterocycles. The lowest BCUT2D eigenvalue weighted by Gasteiger charge is -2.10. The van der Waals surface area contributed by atoms with E-state index in [0.717, 1.165) is 6.42 Å². The molecule has 0 aliphatic rings. The molecule has 0 saturated heterocycles. The van der Waals surface area contributed by atoms with Crippen LogP contribution in [-0.4, -0.2) is 10.7 Å². The van der Waals surface area contributed by atoms with Gasteiger partial charge in [-0.15, -0.1) is 0 Å². The van der Waals surface area contributed by atoms with Gasteiger partial charge in [0.15, 0.2) is 0 Å². The van der Waals surface area contributed by atoms with Crippen LogP contribution in [0.5, 0.6) is 0 Å². The van der Waals surface area contributed by atoms with E-state index in [1.807, 2.05) is 12.2 Å². The highest BCUT2D eigenvalue weighted by molar-refractivity contribution is 4.95. The normalized spacial score (nSPS) is 13.4. The first-order valence-electron chi connectivity index (χ1n) is 3.82. The van der Waals surface area contributed by atoms with Crippen LogP contribution >= 0.6 is 0 Å². The Balaban J connectivity index is 3.57. The Morgan fingerprint density at radius 3 is 2.20 bits per heavy atom. The third kappa shape index (κ3) is 7.70. The molecule has 0 aromatic rings. The third-order valence-corrected chi connectivity index (χ3v) is 1.13. The summed E-state index contributed by atoms with van der Waals surface area (Å²) in [7, 11) is 0. The number of rotatable bonds is 3. The van der Waals surface area contributed by atoms with Crippen LogP contribution in [0.4, 0.5) is 0 Å². The molecule has 60 valence electrons. The molecule has 1 nitrogen and oxygen atoms in total. The average molecular weight is 142 g/mol. The molecule has 0 fully saturated rings. The van der Waals surface area contributed by atoms with Crippen LogP contribution in [-0.2, 0) is 0 Å². The van der Waals surface area contributed by atoms with E-state index in [1.165, 1.54) is 0 Å². The Morgan fingerprint density at radius 2 is 1.90 bits per heavy atom. The van der Waals surface area contributed by atoms with Crippen LogP contribution in [0.2, 0.25) is 0 Å². The molecule has 0 amide bonds. The van der Waals surface area contributed by atoms with Crippen molar-refractivity contribution in [2.24, 2.45) is 5.92 Å². The number of hydrogen-bond acceptors (Lipinski definition) is 1. The predicted molar refractivity (Wildman–Crippen MR) is 44.9 cm³/mol. The molecule has 0 rings (SSSR count). The van der Waals surface area contributed by atoms with Crippen LogP contribution in [0.15, 0.2) is 12.2 Å². The van der Waals surface area contributed by atoms with Crippen molar-refractivity contribution in [3.8, 4) is 0 Å². The van der Waals surface area contributed by atoms with Gasteiger partial charge in [-0.2, -0.15) is 0 Å². The highest BCUT2D eigenvalue weighted by Crippen LogP contribution is 2.06. The van der Waals surface area contributed by atoms with Crippen molar-refractivity contribution in [3.63, 3.8) is 0 Å². The topological polar surface area (TPSA) is 20.2 Å². The Kier molecular flexibility index (Phi) is 3.66. The molecule has 0 heterocycles. The summed E-state index contributed by atoms with van der Waals surface area (Å²) >= 11 is 0. The monoisotopic (exact) mass is 142 g/mol. The second-order valence-electron chi connectivity index (χ2n) is 3.69. The fourth-order valence-electron chi connectivity index (χ4n) is 0.629. The predicted octanol–water partition coefficient (Wildman–Crippen LogP) is 2.36. The van der Waals surface area contributed by atoms with E-state index in [-0.39, 0.29) is 0 Å². The number of allylic oxidation sites excluding steroid dienone is 1. The summed E-state index contributed by atoms with van der Waals surface area (Å²) in [6.07, 6.45) is 4.92. The van der Waals surface area contributed by atoms with E-state index in [9.17, 15) is 5.11 Å². The summed E-state index contributed by atoms with van der Waals surface area (Å²) in [5, 5.41) is 9.24. The summed E-state index contributed by atoms with van der Waals surface area (Å²) < 4.78 is 0. The Labute approximate surface area is 63.8 Å². The minimum absolute atomic E-state index is 0.644. The summed E-state index contributed by atoms with van der Waals surface area (Å²) in [4.78, 5) is 0. The van der Waals surface area contributed by atoms with Gasteiger partial charge in [-0.3, -0.25) is 0 Å². The number of aliphatic hydroxyl groups is 1. The molecule has 10 heavy (non-hydrogen) atoms. The summed E-state index contributed by atoms with van der Waals surface area (Å²) in [6.45, 7) is 7.89. The SMILES string of the molecule is CC(C)C/C=C/C(C)(C)O. The van der Waals surface area contributed by atoms with Crippen LogP contribution in [0, 0.1) is 5.92 Å². The summed E-state index contributed by atoms with van der Waals surface area (Å²) in [5.74, 6) is 0.679. The van der Waals surface area contributed by atoms with Gasteiger partial charge in [-0.05, 0) is 26.2 Å². The molecule has 0 radical (unpaired) electrons. The lowest BCUT2D eigenvalue weighted by molar-refractivity contribution is 0.133. The van der Waals surface area contributed by atoms with Gasteiger partial charge < -0.3 is 5.11 Å². The maximum absolute atomic E-state index is 9.24. The third-order valence-electron chi connectivity index (χ3n) is 1.13. The Hall–Kier alpha value is -0.300. The molecule has 0 atom stereocenters. The average Bonchev–Trinajstić information content (AvgIpc) is 1.59. The standard InChI is InChI=1S/C9H18O/c1-8(2)6-5-7-9(3,4)10/h5,7-8,10H,6H2,1-4H3/b7-5+. The van der Waals surface area contributed by atoms with Gasteiger partial charge in [0.25, 0.3) is 0 Å². The van der Waals surface area contributed by atoms with Crippen molar-refractivity contribution >= 4 is 0 Å². The number of hydrogen-bond donors (Lipinski definition) is 1. The molecule has 0 aliphatic heterocycles. The van der Waals surface area contributed by atoms with Crippen molar-refractivity contribution in [1.82, 2.24) is 0 Å². The van der Waals surface area contributed by atoms with Crippen molar-refractivity contribution in [2.45, 2.75) is 39.7 Å². The molecule has 0 unspecified atom stereocenters. The first-order valence-corrected chi connectivity index (χ1v) is 3.82. The quantitative estimate of drug-likeness (QED) is 0.600. The first-order chi connectivity index (χ1) is 4.42. The van der Waals surface area contributed by atoms with E-state index in [1.54, 1.807) is 13.8 Å². The van der Waals surface area contributed by atoms with Crippen molar-refractivity contribution in [1.29, 1.82) is 0 Å². The minimum Gasteiger partial charge on any atom is -0.386 e. The van der Waals surface area contributed by atoms with Gasteiger partial charge in [0.2, 0.25) is 0 Å². The smallest absolute Gasteiger partial charge is 0.0771 e. The molecule has 0 bridgehead atoms. The van der Waals surface area contributed by atoms with Gasteiger partial charge in [0.1, 0.15) is 0 Å². The molecular formula is C9H18O. The molecule has 0 saturated carbocycles. The largest absolute Gasteiger partial charge is 0.386 e. The lowest BCUT2D eigenvalue weighted by atomic mass is 10.1. The molecule has 1 N–H and O–H groups in total. The van der Waals surface area contributed by atoms with Crippen molar-refractivity contribution in [2.75, 3.05) is 0 Å². The highest BCUT2D eigenvalue weighted by Gasteiger charge is 2.04. The summed E-state index contributed by atoms with van der Waals surface area (Å²) in [5.41, 5.74) is -0.644. The Morgan fingerprint density at radius 1 is 1.40 bits per heavy atom. The van der Waals surface area contributed by atoms with E-state index >= 15 is 0 Å². The van der Waals surface area contributed by atoms with Crippen molar-refractivity contribution in [3.05, 3.63) is 12.2 Å². The molecule has 0 spiro atoms. The zero-order valence-electron chi connectivity index (χ0n) is 7.39. The molecule has 0 aromatic carbocycles.